The lowest BCUT2D eigenvalue weighted by atomic mass is 9.97. The molecule has 0 spiro atoms. The molecule has 9 heteroatoms. The normalized spacial score (nSPS) is 20.1. The van der Waals surface area contributed by atoms with E-state index in [1.54, 1.807) is 23.0 Å². The molecule has 2 aromatic carbocycles. The van der Waals surface area contributed by atoms with Gasteiger partial charge in [-0.1, -0.05) is 30.7 Å². The average molecular weight is 485 g/mol. The number of urea groups is 1. The molecule has 2 aromatic rings. The fourth-order valence-corrected chi connectivity index (χ4v) is 4.52. The van der Waals surface area contributed by atoms with Crippen molar-refractivity contribution in [2.75, 3.05) is 33.4 Å². The van der Waals surface area contributed by atoms with Gasteiger partial charge in [0.25, 0.3) is 0 Å². The van der Waals surface area contributed by atoms with E-state index in [-0.39, 0.29) is 30.6 Å². The van der Waals surface area contributed by atoms with E-state index in [2.05, 4.69) is 12.2 Å². The molecule has 2 aliphatic rings. The van der Waals surface area contributed by atoms with Gasteiger partial charge in [-0.25, -0.2) is 4.79 Å². The molecule has 1 unspecified atom stereocenters. The first-order valence-electron chi connectivity index (χ1n) is 11.5. The van der Waals surface area contributed by atoms with Crippen LogP contribution in [0.3, 0.4) is 0 Å². The van der Waals surface area contributed by atoms with Crippen molar-refractivity contribution in [3.05, 3.63) is 58.6 Å². The minimum absolute atomic E-state index is 0.00761. The van der Waals surface area contributed by atoms with Crippen LogP contribution in [-0.2, 0) is 4.79 Å². The fourth-order valence-electron chi connectivity index (χ4n) is 4.39. The van der Waals surface area contributed by atoms with Crippen LogP contribution in [0.4, 0.5) is 4.79 Å². The molecule has 0 aromatic heterocycles. The zero-order valence-electron chi connectivity index (χ0n) is 19.6. The molecular weight excluding hydrogens is 456 g/mol. The molecule has 0 aliphatic carbocycles. The maximum Gasteiger partial charge on any atom is 0.326 e. The summed E-state index contributed by atoms with van der Waals surface area (Å²) in [5, 5.41) is 3.40. The summed E-state index contributed by atoms with van der Waals surface area (Å²) in [4.78, 5) is 34.3. The average Bonchev–Trinajstić information content (AvgIpc) is 3.23. The number of hydrogen-bond donors (Lipinski definition) is 1. The lowest BCUT2D eigenvalue weighted by Gasteiger charge is -2.35. The first kappa shape index (κ1) is 23.9. The first-order valence-corrected chi connectivity index (χ1v) is 11.8. The number of amides is 3. The third-order valence-corrected chi connectivity index (χ3v) is 6.29. The highest BCUT2D eigenvalue weighted by Crippen LogP contribution is 2.39. The SMILES string of the molecule is CCOc1cc(OC)ccc1C1=NC(CC)[C@H](c2ccc(Cl)cc2)N1C(=O)N1CCNC(=O)C1. The Labute approximate surface area is 204 Å². The van der Waals surface area contributed by atoms with E-state index in [4.69, 9.17) is 26.1 Å². The van der Waals surface area contributed by atoms with Crippen LogP contribution in [0.2, 0.25) is 5.02 Å². The number of methoxy groups -OCH3 is 1. The van der Waals surface area contributed by atoms with E-state index < -0.39 is 0 Å². The highest BCUT2D eigenvalue weighted by Gasteiger charge is 2.43. The predicted octanol–water partition coefficient (Wildman–Crippen LogP) is 3.88. The van der Waals surface area contributed by atoms with E-state index in [1.807, 2.05) is 43.3 Å². The van der Waals surface area contributed by atoms with Crippen molar-refractivity contribution in [2.24, 2.45) is 4.99 Å². The molecule has 4 rings (SSSR count). The molecule has 1 N–H and O–H groups in total. The monoisotopic (exact) mass is 484 g/mol. The van der Waals surface area contributed by atoms with Crippen molar-refractivity contribution in [1.82, 2.24) is 15.1 Å². The van der Waals surface area contributed by atoms with Gasteiger partial charge in [0.2, 0.25) is 5.91 Å². The lowest BCUT2D eigenvalue weighted by Crippen LogP contribution is -2.55. The molecule has 2 atom stereocenters. The molecule has 1 saturated heterocycles. The standard InChI is InChI=1S/C25H29ClN4O4/c1-4-20-23(16-6-8-17(26)9-7-16)30(25(32)29-13-12-27-22(31)15-29)24(28-20)19-11-10-18(33-3)14-21(19)34-5-2/h6-11,14,20,23H,4-5,12-13,15H2,1-3H3,(H,27,31)/t20?,23-/m0/s1. The first-order chi connectivity index (χ1) is 16.5. The second kappa shape index (κ2) is 10.3. The molecule has 34 heavy (non-hydrogen) atoms. The molecule has 2 heterocycles. The van der Waals surface area contributed by atoms with Crippen LogP contribution in [0.15, 0.2) is 47.5 Å². The molecule has 0 radical (unpaired) electrons. The number of piperazine rings is 1. The topological polar surface area (TPSA) is 83.5 Å². The van der Waals surface area contributed by atoms with Gasteiger partial charge in [0.1, 0.15) is 23.9 Å². The van der Waals surface area contributed by atoms with Crippen molar-refractivity contribution >= 4 is 29.4 Å². The molecule has 8 nitrogen and oxygen atoms in total. The van der Waals surface area contributed by atoms with Gasteiger partial charge in [0, 0.05) is 24.2 Å². The summed E-state index contributed by atoms with van der Waals surface area (Å²) in [6.45, 7) is 5.26. The quantitative estimate of drug-likeness (QED) is 0.674. The predicted molar refractivity (Wildman–Crippen MR) is 131 cm³/mol. The lowest BCUT2D eigenvalue weighted by molar-refractivity contribution is -0.123. The van der Waals surface area contributed by atoms with Gasteiger partial charge in [-0.3, -0.25) is 14.7 Å². The summed E-state index contributed by atoms with van der Waals surface area (Å²) in [5.74, 6) is 1.58. The minimum atomic E-state index is -0.341. The summed E-state index contributed by atoms with van der Waals surface area (Å²) >= 11 is 6.14. The third kappa shape index (κ3) is 4.68. The zero-order valence-corrected chi connectivity index (χ0v) is 20.3. The maximum absolute atomic E-state index is 13.9. The fraction of sp³-hybridized carbons (Fsp3) is 0.400. The van der Waals surface area contributed by atoms with Gasteiger partial charge in [-0.05, 0) is 43.2 Å². The summed E-state index contributed by atoms with van der Waals surface area (Å²) in [5.41, 5.74) is 1.63. The van der Waals surface area contributed by atoms with Crippen molar-refractivity contribution in [1.29, 1.82) is 0 Å². The van der Waals surface area contributed by atoms with Crippen LogP contribution in [0.1, 0.15) is 37.4 Å². The van der Waals surface area contributed by atoms with Crippen molar-refractivity contribution in [3.63, 3.8) is 0 Å². The van der Waals surface area contributed by atoms with Crippen LogP contribution < -0.4 is 14.8 Å². The summed E-state index contributed by atoms with van der Waals surface area (Å²) in [6, 6.07) is 12.2. The molecule has 180 valence electrons. The van der Waals surface area contributed by atoms with Crippen LogP contribution in [-0.4, -0.2) is 67.0 Å². The maximum atomic E-state index is 13.9. The van der Waals surface area contributed by atoms with E-state index in [9.17, 15) is 9.59 Å². The number of rotatable bonds is 6. The van der Waals surface area contributed by atoms with E-state index >= 15 is 0 Å². The summed E-state index contributed by atoms with van der Waals surface area (Å²) in [7, 11) is 1.60. The third-order valence-electron chi connectivity index (χ3n) is 6.03. The molecule has 3 amide bonds. The Morgan fingerprint density at radius 2 is 1.97 bits per heavy atom. The number of benzene rings is 2. The number of hydrogen-bond acceptors (Lipinski definition) is 5. The molecule has 0 bridgehead atoms. The number of halogens is 1. The highest BCUT2D eigenvalue weighted by molar-refractivity contribution is 6.30. The van der Waals surface area contributed by atoms with Gasteiger partial charge >= 0.3 is 6.03 Å². The summed E-state index contributed by atoms with van der Waals surface area (Å²) in [6.07, 6.45) is 0.723. The Bertz CT molecular complexity index is 1090. The van der Waals surface area contributed by atoms with Gasteiger partial charge in [0.15, 0.2) is 0 Å². The van der Waals surface area contributed by atoms with E-state index in [0.29, 0.717) is 47.6 Å². The van der Waals surface area contributed by atoms with Crippen LogP contribution >= 0.6 is 11.6 Å². The Balaban J connectivity index is 1.82. The zero-order chi connectivity index (χ0) is 24.2. The number of ether oxygens (including phenoxy) is 2. The number of aliphatic imine (C=N–C) groups is 1. The minimum Gasteiger partial charge on any atom is -0.497 e. The van der Waals surface area contributed by atoms with Crippen LogP contribution in [0.5, 0.6) is 11.5 Å². The second-order valence-electron chi connectivity index (χ2n) is 8.14. The van der Waals surface area contributed by atoms with E-state index in [1.165, 1.54) is 0 Å². The number of nitrogens with one attached hydrogen (secondary N) is 1. The molecule has 1 fully saturated rings. The molecular formula is C25H29ClN4O4. The van der Waals surface area contributed by atoms with Gasteiger partial charge < -0.3 is 19.7 Å². The molecule has 0 saturated carbocycles. The van der Waals surface area contributed by atoms with Crippen molar-refractivity contribution < 1.29 is 19.1 Å². The molecule has 2 aliphatic heterocycles. The van der Waals surface area contributed by atoms with Crippen molar-refractivity contribution in [2.45, 2.75) is 32.4 Å². The van der Waals surface area contributed by atoms with Crippen LogP contribution in [0, 0.1) is 0 Å². The number of nitrogens with zero attached hydrogens (tertiary/aromatic N) is 3. The van der Waals surface area contributed by atoms with E-state index in [0.717, 1.165) is 12.0 Å². The Kier molecular flexibility index (Phi) is 7.26. The number of amidine groups is 1. The number of carbonyl (C=O) groups excluding carboxylic acids is 2. The van der Waals surface area contributed by atoms with Gasteiger partial charge in [-0.15, -0.1) is 0 Å². The Hall–Kier alpha value is -3.26. The highest BCUT2D eigenvalue weighted by atomic mass is 35.5. The Morgan fingerprint density at radius 1 is 1.21 bits per heavy atom. The van der Waals surface area contributed by atoms with Gasteiger partial charge in [-0.2, -0.15) is 0 Å². The van der Waals surface area contributed by atoms with Crippen LogP contribution in [0.25, 0.3) is 0 Å². The van der Waals surface area contributed by atoms with Crippen molar-refractivity contribution in [3.8, 4) is 11.5 Å². The van der Waals surface area contributed by atoms with Gasteiger partial charge in [0.05, 0.1) is 31.4 Å². The number of carbonyl (C=O) groups is 2. The largest absolute Gasteiger partial charge is 0.497 e. The summed E-state index contributed by atoms with van der Waals surface area (Å²) < 4.78 is 11.3. The Morgan fingerprint density at radius 3 is 2.62 bits per heavy atom. The smallest absolute Gasteiger partial charge is 0.326 e. The second-order valence-corrected chi connectivity index (χ2v) is 8.58.